The second kappa shape index (κ2) is 6.83. The van der Waals surface area contributed by atoms with Crippen LogP contribution in [0.4, 0.5) is 5.69 Å². The van der Waals surface area contributed by atoms with E-state index in [1.54, 1.807) is 25.2 Å². The van der Waals surface area contributed by atoms with Crippen LogP contribution in [0, 0.1) is 6.92 Å². The number of carbonyl (C=O) groups is 1. The lowest BCUT2D eigenvalue weighted by Crippen LogP contribution is -2.18. The van der Waals surface area contributed by atoms with E-state index in [-0.39, 0.29) is 5.91 Å². The van der Waals surface area contributed by atoms with Crippen molar-refractivity contribution in [3.05, 3.63) is 63.1 Å². The third-order valence-electron chi connectivity index (χ3n) is 3.24. The molecule has 0 saturated carbocycles. The Labute approximate surface area is 134 Å². The summed E-state index contributed by atoms with van der Waals surface area (Å²) >= 11 is 12.3. The molecule has 2 aromatic carbocycles. The Hall–Kier alpha value is -1.71. The number of hydrogen-bond donors (Lipinski definition) is 2. The molecular weight excluding hydrogens is 307 g/mol. The van der Waals surface area contributed by atoms with Crippen LogP contribution in [0.25, 0.3) is 0 Å². The minimum Gasteiger partial charge on any atom is -0.381 e. The molecule has 1 amide bonds. The predicted octanol–water partition coefficient (Wildman–Crippen LogP) is 4.27. The molecule has 0 unspecified atom stereocenters. The van der Waals surface area contributed by atoms with Crippen molar-refractivity contribution in [3.8, 4) is 0 Å². The van der Waals surface area contributed by atoms with Gasteiger partial charge in [-0.15, -0.1) is 0 Å². The zero-order valence-corrected chi connectivity index (χ0v) is 13.3. The smallest absolute Gasteiger partial charge is 0.251 e. The molecule has 0 aliphatic rings. The van der Waals surface area contributed by atoms with Crippen LogP contribution >= 0.6 is 23.2 Å². The van der Waals surface area contributed by atoms with Gasteiger partial charge in [0.05, 0.1) is 0 Å². The van der Waals surface area contributed by atoms with Gasteiger partial charge < -0.3 is 10.6 Å². The van der Waals surface area contributed by atoms with Crippen LogP contribution in [-0.4, -0.2) is 13.0 Å². The molecule has 0 bridgehead atoms. The zero-order valence-electron chi connectivity index (χ0n) is 11.8. The number of aryl methyl sites for hydroxylation is 1. The molecule has 0 fully saturated rings. The van der Waals surface area contributed by atoms with Gasteiger partial charge in [0.2, 0.25) is 0 Å². The number of benzene rings is 2. The highest BCUT2D eigenvalue weighted by Crippen LogP contribution is 2.26. The molecule has 0 saturated heterocycles. The number of nitrogens with one attached hydrogen (secondary N) is 2. The van der Waals surface area contributed by atoms with E-state index in [1.807, 2.05) is 25.1 Å². The first kappa shape index (κ1) is 15.7. The molecule has 0 radical (unpaired) electrons. The molecule has 21 heavy (non-hydrogen) atoms. The summed E-state index contributed by atoms with van der Waals surface area (Å²) in [6, 6.07) is 10.9. The number of halogens is 2. The SMILES string of the molecule is CNC(=O)c1ccc(C)c(NCc2c(Cl)cccc2Cl)c1. The molecule has 5 heteroatoms. The fourth-order valence-electron chi connectivity index (χ4n) is 1.98. The molecule has 2 aromatic rings. The van der Waals surface area contributed by atoms with Crippen LogP contribution in [0.15, 0.2) is 36.4 Å². The van der Waals surface area contributed by atoms with E-state index in [4.69, 9.17) is 23.2 Å². The van der Waals surface area contributed by atoms with Gasteiger partial charge in [-0.2, -0.15) is 0 Å². The Morgan fingerprint density at radius 1 is 1.14 bits per heavy atom. The van der Waals surface area contributed by atoms with Gasteiger partial charge in [-0.3, -0.25) is 4.79 Å². The van der Waals surface area contributed by atoms with Crippen molar-refractivity contribution < 1.29 is 4.79 Å². The van der Waals surface area contributed by atoms with Crippen molar-refractivity contribution in [1.82, 2.24) is 5.32 Å². The summed E-state index contributed by atoms with van der Waals surface area (Å²) in [5, 5.41) is 7.13. The summed E-state index contributed by atoms with van der Waals surface area (Å²) in [5.74, 6) is -0.117. The summed E-state index contributed by atoms with van der Waals surface area (Å²) in [6.45, 7) is 2.47. The van der Waals surface area contributed by atoms with E-state index in [1.165, 1.54) is 0 Å². The molecule has 2 N–H and O–H groups in total. The molecule has 0 heterocycles. The van der Waals surface area contributed by atoms with Crippen LogP contribution in [-0.2, 0) is 6.54 Å². The minimum absolute atomic E-state index is 0.117. The third kappa shape index (κ3) is 3.69. The highest BCUT2D eigenvalue weighted by Gasteiger charge is 2.08. The lowest BCUT2D eigenvalue weighted by atomic mass is 10.1. The Bertz CT molecular complexity index is 651. The van der Waals surface area contributed by atoms with E-state index >= 15 is 0 Å². The lowest BCUT2D eigenvalue weighted by Gasteiger charge is -2.13. The Kier molecular flexibility index (Phi) is 5.10. The van der Waals surface area contributed by atoms with E-state index < -0.39 is 0 Å². The van der Waals surface area contributed by atoms with Crippen molar-refractivity contribution in [1.29, 1.82) is 0 Å². The van der Waals surface area contributed by atoms with Crippen molar-refractivity contribution in [3.63, 3.8) is 0 Å². The highest BCUT2D eigenvalue weighted by molar-refractivity contribution is 6.36. The van der Waals surface area contributed by atoms with Crippen molar-refractivity contribution in [2.24, 2.45) is 0 Å². The quantitative estimate of drug-likeness (QED) is 0.882. The minimum atomic E-state index is -0.117. The fourth-order valence-corrected chi connectivity index (χ4v) is 2.51. The maximum Gasteiger partial charge on any atom is 0.251 e. The largest absolute Gasteiger partial charge is 0.381 e. The van der Waals surface area contributed by atoms with Crippen LogP contribution in [0.1, 0.15) is 21.5 Å². The van der Waals surface area contributed by atoms with Crippen molar-refractivity contribution in [2.75, 3.05) is 12.4 Å². The van der Waals surface area contributed by atoms with Crippen molar-refractivity contribution >= 4 is 34.8 Å². The van der Waals surface area contributed by atoms with E-state index in [0.717, 1.165) is 16.8 Å². The van der Waals surface area contributed by atoms with E-state index in [9.17, 15) is 4.79 Å². The monoisotopic (exact) mass is 322 g/mol. The van der Waals surface area contributed by atoms with Crippen LogP contribution < -0.4 is 10.6 Å². The summed E-state index contributed by atoms with van der Waals surface area (Å²) in [5.41, 5.74) is 3.37. The zero-order chi connectivity index (χ0) is 15.4. The maximum absolute atomic E-state index is 11.7. The summed E-state index contributed by atoms with van der Waals surface area (Å²) in [6.07, 6.45) is 0. The number of anilines is 1. The maximum atomic E-state index is 11.7. The molecule has 0 spiro atoms. The van der Waals surface area contributed by atoms with Crippen molar-refractivity contribution in [2.45, 2.75) is 13.5 Å². The lowest BCUT2D eigenvalue weighted by molar-refractivity contribution is 0.0963. The molecule has 0 aromatic heterocycles. The predicted molar refractivity (Wildman–Crippen MR) is 88.4 cm³/mol. The van der Waals surface area contributed by atoms with Crippen LogP contribution in [0.5, 0.6) is 0 Å². The molecule has 110 valence electrons. The second-order valence-corrected chi connectivity index (χ2v) is 5.48. The summed E-state index contributed by atoms with van der Waals surface area (Å²) in [7, 11) is 1.61. The molecule has 0 aliphatic carbocycles. The van der Waals surface area contributed by atoms with Gasteiger partial charge in [0.1, 0.15) is 0 Å². The number of amides is 1. The third-order valence-corrected chi connectivity index (χ3v) is 3.95. The van der Waals surface area contributed by atoms with Crippen LogP contribution in [0.3, 0.4) is 0 Å². The normalized spacial score (nSPS) is 10.3. The number of hydrogen-bond acceptors (Lipinski definition) is 2. The first-order chi connectivity index (χ1) is 10.0. The summed E-state index contributed by atoms with van der Waals surface area (Å²) < 4.78 is 0. The first-order valence-corrected chi connectivity index (χ1v) is 7.28. The van der Waals surface area contributed by atoms with Crippen LogP contribution in [0.2, 0.25) is 10.0 Å². The average molecular weight is 323 g/mol. The first-order valence-electron chi connectivity index (χ1n) is 6.52. The molecule has 3 nitrogen and oxygen atoms in total. The van der Waals surface area contributed by atoms with Gasteiger partial charge in [-0.1, -0.05) is 35.3 Å². The standard InChI is InChI=1S/C16H16Cl2N2O/c1-10-6-7-11(16(21)19-2)8-15(10)20-9-12-13(17)4-3-5-14(12)18/h3-8,20H,9H2,1-2H3,(H,19,21). The van der Waals surface area contributed by atoms with Gasteiger partial charge in [0.15, 0.2) is 0 Å². The molecule has 0 atom stereocenters. The Morgan fingerprint density at radius 2 is 1.81 bits per heavy atom. The molecule has 2 rings (SSSR count). The number of carbonyl (C=O) groups excluding carboxylic acids is 1. The average Bonchev–Trinajstić information content (AvgIpc) is 2.47. The Balaban J connectivity index is 2.22. The van der Waals surface area contributed by atoms with Gasteiger partial charge in [0.25, 0.3) is 5.91 Å². The topological polar surface area (TPSA) is 41.1 Å². The highest BCUT2D eigenvalue weighted by atomic mass is 35.5. The molecular formula is C16H16Cl2N2O. The van der Waals surface area contributed by atoms with E-state index in [2.05, 4.69) is 10.6 Å². The molecule has 0 aliphatic heterocycles. The summed E-state index contributed by atoms with van der Waals surface area (Å²) in [4.78, 5) is 11.7. The Morgan fingerprint density at radius 3 is 2.43 bits per heavy atom. The second-order valence-electron chi connectivity index (χ2n) is 4.66. The van der Waals surface area contributed by atoms with Gasteiger partial charge in [-0.25, -0.2) is 0 Å². The van der Waals surface area contributed by atoms with Gasteiger partial charge in [0, 0.05) is 40.5 Å². The van der Waals surface area contributed by atoms with Gasteiger partial charge in [-0.05, 0) is 36.8 Å². The fraction of sp³-hybridized carbons (Fsp3) is 0.188. The number of rotatable bonds is 4. The van der Waals surface area contributed by atoms with Gasteiger partial charge >= 0.3 is 0 Å². The van der Waals surface area contributed by atoms with E-state index in [0.29, 0.717) is 22.2 Å².